The van der Waals surface area contributed by atoms with Crippen LogP contribution >= 0.6 is 23.4 Å². The summed E-state index contributed by atoms with van der Waals surface area (Å²) in [5.74, 6) is 1.85. The summed E-state index contributed by atoms with van der Waals surface area (Å²) in [7, 11) is 0. The van der Waals surface area contributed by atoms with E-state index in [-0.39, 0.29) is 0 Å². The molecule has 1 nitrogen and oxygen atoms in total. The van der Waals surface area contributed by atoms with Crippen LogP contribution in [0.2, 0.25) is 0 Å². The molecule has 0 aliphatic rings. The highest BCUT2D eigenvalue weighted by atomic mass is 35.5. The van der Waals surface area contributed by atoms with Crippen LogP contribution in [0.25, 0.3) is 0 Å². The summed E-state index contributed by atoms with van der Waals surface area (Å²) >= 11 is 7.17. The summed E-state index contributed by atoms with van der Waals surface area (Å²) in [5.41, 5.74) is 0.560. The SMILES string of the molecule is CC(C)CCSc1ccc(C(=O)Cl)cc1. The number of carbonyl (C=O) groups excluding carboxylic acids is 1. The van der Waals surface area contributed by atoms with Crippen molar-refractivity contribution in [3.8, 4) is 0 Å². The van der Waals surface area contributed by atoms with Crippen molar-refractivity contribution in [3.63, 3.8) is 0 Å². The maximum atomic E-state index is 10.8. The zero-order valence-electron chi connectivity index (χ0n) is 9.00. The lowest BCUT2D eigenvalue weighted by molar-refractivity contribution is 0.108. The Labute approximate surface area is 100 Å². The van der Waals surface area contributed by atoms with E-state index in [1.807, 2.05) is 23.9 Å². The number of rotatable bonds is 5. The van der Waals surface area contributed by atoms with Crippen LogP contribution in [0.3, 0.4) is 0 Å². The number of thioether (sulfide) groups is 1. The quantitative estimate of drug-likeness (QED) is 0.569. The lowest BCUT2D eigenvalue weighted by Gasteiger charge is -2.04. The lowest BCUT2D eigenvalue weighted by Crippen LogP contribution is -1.90. The van der Waals surface area contributed by atoms with Crippen LogP contribution in [-0.2, 0) is 0 Å². The van der Waals surface area contributed by atoms with E-state index in [9.17, 15) is 4.79 Å². The van der Waals surface area contributed by atoms with Gasteiger partial charge in [-0.1, -0.05) is 13.8 Å². The minimum Gasteiger partial charge on any atom is -0.276 e. The number of carbonyl (C=O) groups is 1. The van der Waals surface area contributed by atoms with E-state index in [0.717, 1.165) is 11.7 Å². The minimum atomic E-state index is -0.395. The van der Waals surface area contributed by atoms with E-state index in [1.165, 1.54) is 11.3 Å². The minimum absolute atomic E-state index is 0.395. The number of halogens is 1. The van der Waals surface area contributed by atoms with E-state index in [2.05, 4.69) is 13.8 Å². The van der Waals surface area contributed by atoms with Crippen molar-refractivity contribution in [2.45, 2.75) is 25.2 Å². The molecule has 0 unspecified atom stereocenters. The van der Waals surface area contributed by atoms with Crippen molar-refractivity contribution >= 4 is 28.6 Å². The first-order chi connectivity index (χ1) is 7.09. The molecular formula is C12H15ClOS. The molecule has 1 aromatic carbocycles. The van der Waals surface area contributed by atoms with Gasteiger partial charge in [-0.2, -0.15) is 0 Å². The second-order valence-corrected chi connectivity index (χ2v) is 5.34. The topological polar surface area (TPSA) is 17.1 Å². The molecule has 0 amide bonds. The van der Waals surface area contributed by atoms with Crippen LogP contribution in [0.4, 0.5) is 0 Å². The standard InChI is InChI=1S/C12H15ClOS/c1-9(2)7-8-15-11-5-3-10(4-6-11)12(13)14/h3-6,9H,7-8H2,1-2H3. The molecule has 0 fully saturated rings. The van der Waals surface area contributed by atoms with Gasteiger partial charge in [0.2, 0.25) is 0 Å². The first kappa shape index (κ1) is 12.6. The maximum absolute atomic E-state index is 10.8. The molecule has 0 aliphatic carbocycles. The van der Waals surface area contributed by atoms with Gasteiger partial charge in [-0.3, -0.25) is 4.79 Å². The van der Waals surface area contributed by atoms with Crippen LogP contribution in [0.1, 0.15) is 30.6 Å². The van der Waals surface area contributed by atoms with Gasteiger partial charge in [0.1, 0.15) is 0 Å². The van der Waals surface area contributed by atoms with Crippen molar-refractivity contribution in [2.24, 2.45) is 5.92 Å². The molecule has 0 radical (unpaired) electrons. The summed E-state index contributed by atoms with van der Waals surface area (Å²) in [4.78, 5) is 12.0. The Morgan fingerprint density at radius 3 is 2.40 bits per heavy atom. The third kappa shape index (κ3) is 4.72. The number of benzene rings is 1. The van der Waals surface area contributed by atoms with Crippen LogP contribution in [-0.4, -0.2) is 11.0 Å². The largest absolute Gasteiger partial charge is 0.276 e. The fourth-order valence-corrected chi connectivity index (χ4v) is 2.37. The molecule has 0 N–H and O–H groups in total. The van der Waals surface area contributed by atoms with Gasteiger partial charge in [0, 0.05) is 10.5 Å². The van der Waals surface area contributed by atoms with Crippen molar-refractivity contribution in [1.29, 1.82) is 0 Å². The van der Waals surface area contributed by atoms with Crippen molar-refractivity contribution in [3.05, 3.63) is 29.8 Å². The Kier molecular flexibility index (Phi) is 5.20. The summed E-state index contributed by atoms with van der Waals surface area (Å²) in [5, 5.41) is -0.395. The Bertz CT molecular complexity index is 319. The van der Waals surface area contributed by atoms with E-state index < -0.39 is 5.24 Å². The second-order valence-electron chi connectivity index (χ2n) is 3.83. The Morgan fingerprint density at radius 2 is 1.93 bits per heavy atom. The van der Waals surface area contributed by atoms with Gasteiger partial charge in [0.05, 0.1) is 0 Å². The molecule has 0 aromatic heterocycles. The smallest absolute Gasteiger partial charge is 0.252 e. The van der Waals surface area contributed by atoms with Crippen LogP contribution in [0, 0.1) is 5.92 Å². The fraction of sp³-hybridized carbons (Fsp3) is 0.417. The highest BCUT2D eigenvalue weighted by Gasteiger charge is 2.01. The van der Waals surface area contributed by atoms with Gasteiger partial charge in [0.15, 0.2) is 0 Å². The van der Waals surface area contributed by atoms with Crippen LogP contribution in [0.15, 0.2) is 29.2 Å². The third-order valence-electron chi connectivity index (χ3n) is 2.05. The summed E-state index contributed by atoms with van der Waals surface area (Å²) < 4.78 is 0. The normalized spacial score (nSPS) is 10.7. The molecule has 3 heteroatoms. The molecule has 0 aliphatic heterocycles. The van der Waals surface area contributed by atoms with E-state index >= 15 is 0 Å². The molecular weight excluding hydrogens is 228 g/mol. The monoisotopic (exact) mass is 242 g/mol. The molecule has 0 atom stereocenters. The van der Waals surface area contributed by atoms with E-state index in [0.29, 0.717) is 5.56 Å². The van der Waals surface area contributed by atoms with Gasteiger partial charge in [0.25, 0.3) is 5.24 Å². The highest BCUT2D eigenvalue weighted by molar-refractivity contribution is 7.99. The first-order valence-electron chi connectivity index (χ1n) is 5.02. The van der Waals surface area contributed by atoms with Gasteiger partial charge in [-0.15, -0.1) is 11.8 Å². The average molecular weight is 243 g/mol. The van der Waals surface area contributed by atoms with Gasteiger partial charge in [-0.05, 0) is 54.0 Å². The molecule has 0 heterocycles. The predicted molar refractivity (Wildman–Crippen MR) is 66.8 cm³/mol. The van der Waals surface area contributed by atoms with Crippen molar-refractivity contribution in [1.82, 2.24) is 0 Å². The lowest BCUT2D eigenvalue weighted by atomic mass is 10.2. The Hall–Kier alpha value is -0.470. The van der Waals surface area contributed by atoms with E-state index in [1.54, 1.807) is 12.1 Å². The molecule has 82 valence electrons. The van der Waals surface area contributed by atoms with Crippen molar-refractivity contribution < 1.29 is 4.79 Å². The Morgan fingerprint density at radius 1 is 1.33 bits per heavy atom. The summed E-state index contributed by atoms with van der Waals surface area (Å²) in [6.45, 7) is 4.44. The van der Waals surface area contributed by atoms with Crippen molar-refractivity contribution in [2.75, 3.05) is 5.75 Å². The molecule has 1 aromatic rings. The maximum Gasteiger partial charge on any atom is 0.252 e. The number of hydrogen-bond acceptors (Lipinski definition) is 2. The van der Waals surface area contributed by atoms with E-state index in [4.69, 9.17) is 11.6 Å². The Balaban J connectivity index is 2.46. The molecule has 15 heavy (non-hydrogen) atoms. The molecule has 1 rings (SSSR count). The van der Waals surface area contributed by atoms with Gasteiger partial charge >= 0.3 is 0 Å². The summed E-state index contributed by atoms with van der Waals surface area (Å²) in [6.07, 6.45) is 1.21. The zero-order valence-corrected chi connectivity index (χ0v) is 10.6. The zero-order chi connectivity index (χ0) is 11.3. The molecule has 0 spiro atoms. The number of hydrogen-bond donors (Lipinski definition) is 0. The molecule has 0 bridgehead atoms. The average Bonchev–Trinajstić information content (AvgIpc) is 2.18. The highest BCUT2D eigenvalue weighted by Crippen LogP contribution is 2.21. The summed E-state index contributed by atoms with van der Waals surface area (Å²) in [6, 6.07) is 7.43. The van der Waals surface area contributed by atoms with Crippen LogP contribution in [0.5, 0.6) is 0 Å². The van der Waals surface area contributed by atoms with Gasteiger partial charge < -0.3 is 0 Å². The molecule has 0 saturated heterocycles. The predicted octanol–water partition coefficient (Wildman–Crippen LogP) is 4.20. The molecule has 0 saturated carbocycles. The third-order valence-corrected chi connectivity index (χ3v) is 3.31. The fourth-order valence-electron chi connectivity index (χ4n) is 1.09. The van der Waals surface area contributed by atoms with Gasteiger partial charge in [-0.25, -0.2) is 0 Å². The van der Waals surface area contributed by atoms with Crippen LogP contribution < -0.4 is 0 Å². The second kappa shape index (κ2) is 6.19. The first-order valence-corrected chi connectivity index (χ1v) is 6.38.